The Kier molecular flexibility index (Phi) is 8.38. The minimum atomic E-state index is -0.922. The number of hydrogen-bond acceptors (Lipinski definition) is 6. The summed E-state index contributed by atoms with van der Waals surface area (Å²) in [5, 5.41) is 17.5. The average Bonchev–Trinajstić information content (AvgIpc) is 2.60. The van der Waals surface area contributed by atoms with Crippen molar-refractivity contribution in [3.8, 4) is 6.07 Å². The summed E-state index contributed by atoms with van der Waals surface area (Å²) in [6, 6.07) is 9.01. The molecule has 2 amide bonds. The lowest BCUT2D eigenvalue weighted by atomic mass is 9.90. The lowest BCUT2D eigenvalue weighted by molar-refractivity contribution is -0.121. The van der Waals surface area contributed by atoms with Crippen LogP contribution in [0.25, 0.3) is 0 Å². The van der Waals surface area contributed by atoms with Crippen LogP contribution in [0.15, 0.2) is 24.3 Å². The second-order valence-corrected chi connectivity index (χ2v) is 6.21. The van der Waals surface area contributed by atoms with Gasteiger partial charge in [0.05, 0.1) is 19.2 Å². The summed E-state index contributed by atoms with van der Waals surface area (Å²) in [4.78, 5) is 23.7. The molecule has 142 valence electrons. The number of benzene rings is 1. The van der Waals surface area contributed by atoms with Crippen molar-refractivity contribution in [2.75, 3.05) is 37.5 Å². The topological polar surface area (TPSA) is 112 Å². The number of ether oxygens (including phenoxy) is 2. The Morgan fingerprint density at radius 1 is 1.27 bits per heavy atom. The van der Waals surface area contributed by atoms with E-state index in [1.54, 1.807) is 31.2 Å². The van der Waals surface area contributed by atoms with Gasteiger partial charge in [0.25, 0.3) is 0 Å². The molecule has 0 bridgehead atoms. The van der Waals surface area contributed by atoms with Gasteiger partial charge in [0.1, 0.15) is 12.1 Å². The van der Waals surface area contributed by atoms with Crippen LogP contribution in [0.5, 0.6) is 0 Å². The number of rotatable bonds is 9. The molecule has 1 unspecified atom stereocenters. The first-order chi connectivity index (χ1) is 12.3. The van der Waals surface area contributed by atoms with Crippen LogP contribution in [0, 0.1) is 17.2 Å². The van der Waals surface area contributed by atoms with Crippen LogP contribution in [0.1, 0.15) is 20.8 Å². The molecule has 0 heterocycles. The second-order valence-electron chi connectivity index (χ2n) is 6.21. The number of nitriles is 1. The fraction of sp³-hybridized carbons (Fsp3) is 0.500. The third kappa shape index (κ3) is 6.99. The van der Waals surface area contributed by atoms with Gasteiger partial charge in [-0.25, -0.2) is 4.79 Å². The summed E-state index contributed by atoms with van der Waals surface area (Å²) < 4.78 is 9.72. The Bertz CT molecular complexity index is 657. The molecule has 0 radical (unpaired) electrons. The first-order valence-corrected chi connectivity index (χ1v) is 8.29. The molecular formula is C18H26N4O4. The first kappa shape index (κ1) is 21.3. The largest absolute Gasteiger partial charge is 0.447 e. The van der Waals surface area contributed by atoms with Crippen LogP contribution in [-0.4, -0.2) is 44.4 Å². The summed E-state index contributed by atoms with van der Waals surface area (Å²) in [6.07, 6.45) is -0.585. The van der Waals surface area contributed by atoms with Crippen LogP contribution >= 0.6 is 0 Å². The smallest absolute Gasteiger partial charge is 0.411 e. The molecule has 8 nitrogen and oxygen atoms in total. The molecule has 0 aliphatic rings. The average molecular weight is 362 g/mol. The molecule has 0 spiro atoms. The number of hydrogen-bond donors (Lipinski definition) is 3. The van der Waals surface area contributed by atoms with Crippen LogP contribution in [0.3, 0.4) is 0 Å². The maximum atomic E-state index is 12.1. The van der Waals surface area contributed by atoms with Gasteiger partial charge < -0.3 is 20.1 Å². The van der Waals surface area contributed by atoms with Crippen LogP contribution in [0.4, 0.5) is 16.2 Å². The molecule has 0 saturated carbocycles. The Morgan fingerprint density at radius 3 is 2.58 bits per heavy atom. The molecule has 1 aromatic rings. The monoisotopic (exact) mass is 362 g/mol. The summed E-state index contributed by atoms with van der Waals surface area (Å²) in [5.74, 6) is -0.312. The molecule has 0 fully saturated rings. The Hall–Kier alpha value is -2.79. The summed E-state index contributed by atoms with van der Waals surface area (Å²) in [6.45, 7) is 5.92. The SMILES string of the molecule is COCCOC(=O)Nc1cccc(NCC(=O)NC(C)(C#N)C(C)C)c1. The van der Waals surface area contributed by atoms with Gasteiger partial charge in [-0.05, 0) is 31.0 Å². The summed E-state index contributed by atoms with van der Waals surface area (Å²) in [5.41, 5.74) is 0.258. The third-order valence-corrected chi connectivity index (χ3v) is 3.87. The van der Waals surface area contributed by atoms with Gasteiger partial charge in [-0.15, -0.1) is 0 Å². The normalized spacial score (nSPS) is 12.6. The Balaban J connectivity index is 2.55. The molecule has 1 aromatic carbocycles. The molecule has 3 N–H and O–H groups in total. The number of nitrogens with zero attached hydrogens (tertiary/aromatic N) is 1. The van der Waals surface area contributed by atoms with E-state index < -0.39 is 11.6 Å². The molecule has 0 aromatic heterocycles. The van der Waals surface area contributed by atoms with E-state index in [1.165, 1.54) is 7.11 Å². The number of carbonyl (C=O) groups is 2. The Labute approximate surface area is 153 Å². The minimum absolute atomic E-state index is 0.00568. The molecular weight excluding hydrogens is 336 g/mol. The zero-order valence-electron chi connectivity index (χ0n) is 15.6. The van der Waals surface area contributed by atoms with Crippen LogP contribution < -0.4 is 16.0 Å². The lowest BCUT2D eigenvalue weighted by Gasteiger charge is -2.27. The highest BCUT2D eigenvalue weighted by Gasteiger charge is 2.29. The predicted molar refractivity (Wildman–Crippen MR) is 98.8 cm³/mol. The van der Waals surface area contributed by atoms with Crippen molar-refractivity contribution in [1.29, 1.82) is 5.26 Å². The van der Waals surface area contributed by atoms with E-state index in [1.807, 2.05) is 13.8 Å². The van der Waals surface area contributed by atoms with Gasteiger partial charge in [-0.1, -0.05) is 19.9 Å². The number of anilines is 2. The van der Waals surface area contributed by atoms with Gasteiger partial charge in [0, 0.05) is 18.5 Å². The highest BCUT2D eigenvalue weighted by Crippen LogP contribution is 2.16. The number of nitrogens with one attached hydrogen (secondary N) is 3. The molecule has 0 aliphatic heterocycles. The first-order valence-electron chi connectivity index (χ1n) is 8.29. The van der Waals surface area contributed by atoms with Gasteiger partial charge in [-0.2, -0.15) is 5.26 Å². The summed E-state index contributed by atoms with van der Waals surface area (Å²) in [7, 11) is 1.52. The Morgan fingerprint density at radius 2 is 1.96 bits per heavy atom. The van der Waals surface area contributed by atoms with Crippen molar-refractivity contribution in [2.45, 2.75) is 26.3 Å². The maximum absolute atomic E-state index is 12.1. The highest BCUT2D eigenvalue weighted by molar-refractivity contribution is 5.86. The quantitative estimate of drug-likeness (QED) is 0.581. The van der Waals surface area contributed by atoms with Gasteiger partial charge in [-0.3, -0.25) is 10.1 Å². The van der Waals surface area contributed by atoms with E-state index in [0.29, 0.717) is 18.0 Å². The van der Waals surface area contributed by atoms with E-state index in [2.05, 4.69) is 22.0 Å². The van der Waals surface area contributed by atoms with Crippen LogP contribution in [-0.2, 0) is 14.3 Å². The van der Waals surface area contributed by atoms with Crippen molar-refractivity contribution in [1.82, 2.24) is 5.32 Å². The molecule has 1 rings (SSSR count). The number of methoxy groups -OCH3 is 1. The van der Waals surface area contributed by atoms with E-state index in [0.717, 1.165) is 0 Å². The molecule has 0 saturated heterocycles. The van der Waals surface area contributed by atoms with E-state index in [-0.39, 0.29) is 25.0 Å². The van der Waals surface area contributed by atoms with Crippen molar-refractivity contribution >= 4 is 23.4 Å². The van der Waals surface area contributed by atoms with Crippen molar-refractivity contribution in [3.63, 3.8) is 0 Å². The van der Waals surface area contributed by atoms with E-state index in [9.17, 15) is 14.9 Å². The zero-order valence-corrected chi connectivity index (χ0v) is 15.6. The van der Waals surface area contributed by atoms with Crippen molar-refractivity contribution in [3.05, 3.63) is 24.3 Å². The van der Waals surface area contributed by atoms with Gasteiger partial charge in [0.15, 0.2) is 0 Å². The van der Waals surface area contributed by atoms with E-state index in [4.69, 9.17) is 9.47 Å². The summed E-state index contributed by atoms with van der Waals surface area (Å²) >= 11 is 0. The molecule has 0 aliphatic carbocycles. The van der Waals surface area contributed by atoms with Crippen LogP contribution in [0.2, 0.25) is 0 Å². The maximum Gasteiger partial charge on any atom is 0.411 e. The molecule has 26 heavy (non-hydrogen) atoms. The van der Waals surface area contributed by atoms with E-state index >= 15 is 0 Å². The van der Waals surface area contributed by atoms with Gasteiger partial charge in [0.2, 0.25) is 5.91 Å². The predicted octanol–water partition coefficient (Wildman–Crippen LogP) is 2.35. The fourth-order valence-electron chi connectivity index (χ4n) is 1.90. The van der Waals surface area contributed by atoms with Crippen molar-refractivity contribution in [2.24, 2.45) is 5.92 Å². The second kappa shape index (κ2) is 10.3. The standard InChI is InChI=1S/C18H26N4O4/c1-13(2)18(3,12-19)22-16(23)11-20-14-6-5-7-15(10-14)21-17(24)26-9-8-25-4/h5-7,10,13,20H,8-9,11H2,1-4H3,(H,21,24)(H,22,23). The molecule has 8 heteroatoms. The fourth-order valence-corrected chi connectivity index (χ4v) is 1.90. The number of amides is 2. The molecule has 1 atom stereocenters. The number of carbonyl (C=O) groups excluding carboxylic acids is 2. The van der Waals surface area contributed by atoms with Gasteiger partial charge >= 0.3 is 6.09 Å². The highest BCUT2D eigenvalue weighted by atomic mass is 16.6. The third-order valence-electron chi connectivity index (χ3n) is 3.87. The zero-order chi connectivity index (χ0) is 19.6. The lowest BCUT2D eigenvalue weighted by Crippen LogP contribution is -2.50. The minimum Gasteiger partial charge on any atom is -0.447 e. The van der Waals surface area contributed by atoms with Crippen molar-refractivity contribution < 1.29 is 19.1 Å².